The molecule has 2 aromatic rings. The van der Waals surface area contributed by atoms with E-state index < -0.39 is 24.3 Å². The maximum atomic E-state index is 12.4. The molecule has 11 heteroatoms. The molecule has 0 saturated carbocycles. The van der Waals surface area contributed by atoms with Gasteiger partial charge in [-0.05, 0) is 56.2 Å². The van der Waals surface area contributed by atoms with Crippen molar-refractivity contribution in [3.05, 3.63) is 64.9 Å². The number of carbonyl (C=O) groups excluding carboxylic acids is 2. The van der Waals surface area contributed by atoms with Crippen LogP contribution in [0.3, 0.4) is 0 Å². The molecule has 37 heavy (non-hydrogen) atoms. The third-order valence-electron chi connectivity index (χ3n) is 5.28. The van der Waals surface area contributed by atoms with Crippen LogP contribution in [0.15, 0.2) is 58.8 Å². The molecule has 0 saturated heterocycles. The summed E-state index contributed by atoms with van der Waals surface area (Å²) in [6, 6.07) is 11.2. The normalized spacial score (nSPS) is 16.0. The van der Waals surface area contributed by atoms with Crippen molar-refractivity contribution in [1.82, 2.24) is 16.1 Å². The maximum absolute atomic E-state index is 12.4. The largest absolute Gasteiger partial charge is 0.494 e. The smallest absolute Gasteiger partial charge is 0.337 e. The molecule has 198 valence electrons. The van der Waals surface area contributed by atoms with Gasteiger partial charge in [-0.15, -0.1) is 0 Å². The van der Waals surface area contributed by atoms with Crippen molar-refractivity contribution in [2.24, 2.45) is 5.10 Å². The number of benzene rings is 2. The molecule has 0 aliphatic carbocycles. The summed E-state index contributed by atoms with van der Waals surface area (Å²) in [4.78, 5) is 24.4. The summed E-state index contributed by atoms with van der Waals surface area (Å²) in [6.45, 7) is 6.15. The summed E-state index contributed by atoms with van der Waals surface area (Å²) in [5, 5.41) is 19.6. The second kappa shape index (κ2) is 13.2. The van der Waals surface area contributed by atoms with Crippen LogP contribution in [0.2, 0.25) is 0 Å². The average molecular weight is 513 g/mol. The van der Waals surface area contributed by atoms with E-state index in [-0.39, 0.29) is 12.2 Å². The molecular weight excluding hydrogens is 480 g/mol. The summed E-state index contributed by atoms with van der Waals surface area (Å²) in [5.41, 5.74) is 4.70. The summed E-state index contributed by atoms with van der Waals surface area (Å²) in [5.74, 6) is 0.932. The van der Waals surface area contributed by atoms with Gasteiger partial charge in [0.2, 0.25) is 0 Å². The molecule has 0 spiro atoms. The summed E-state index contributed by atoms with van der Waals surface area (Å²) >= 11 is 0. The molecule has 1 aliphatic rings. The number of methoxy groups -OCH3 is 1. The van der Waals surface area contributed by atoms with E-state index in [2.05, 4.69) is 21.2 Å². The minimum absolute atomic E-state index is 0.119. The lowest BCUT2D eigenvalue weighted by atomic mass is 9.95. The highest BCUT2D eigenvalue weighted by Gasteiger charge is 2.32. The van der Waals surface area contributed by atoms with Crippen molar-refractivity contribution in [2.45, 2.75) is 33.0 Å². The van der Waals surface area contributed by atoms with Crippen molar-refractivity contribution in [1.29, 1.82) is 0 Å². The SMILES string of the molecule is CCOc1cccc(/C=N/N[C@@H](O)COc2ccc([C@@H]3NC(=O)NC(C)=C3C(=O)OC)cc2OCC)c1. The zero-order valence-electron chi connectivity index (χ0n) is 21.2. The predicted octanol–water partition coefficient (Wildman–Crippen LogP) is 2.61. The number of carbonyl (C=O) groups is 2. The van der Waals surface area contributed by atoms with Gasteiger partial charge >= 0.3 is 12.0 Å². The van der Waals surface area contributed by atoms with Gasteiger partial charge in [0, 0.05) is 5.70 Å². The Balaban J connectivity index is 1.68. The number of amides is 2. The molecule has 3 rings (SSSR count). The zero-order valence-corrected chi connectivity index (χ0v) is 21.2. The molecule has 2 atom stereocenters. The third-order valence-corrected chi connectivity index (χ3v) is 5.28. The Kier molecular flexibility index (Phi) is 9.73. The molecule has 1 aliphatic heterocycles. The van der Waals surface area contributed by atoms with E-state index in [9.17, 15) is 14.7 Å². The third kappa shape index (κ3) is 7.37. The number of urea groups is 1. The number of nitrogens with one attached hydrogen (secondary N) is 3. The van der Waals surface area contributed by atoms with E-state index in [4.69, 9.17) is 18.9 Å². The molecular formula is C26H32N4O7. The molecule has 2 aromatic carbocycles. The molecule has 0 radical (unpaired) electrons. The Morgan fingerprint density at radius 2 is 1.92 bits per heavy atom. The first-order chi connectivity index (χ1) is 17.9. The van der Waals surface area contributed by atoms with Crippen molar-refractivity contribution < 1.29 is 33.6 Å². The lowest BCUT2D eigenvalue weighted by Gasteiger charge is -2.28. The zero-order chi connectivity index (χ0) is 26.8. The highest BCUT2D eigenvalue weighted by atomic mass is 16.5. The van der Waals surface area contributed by atoms with E-state index in [0.29, 0.717) is 36.0 Å². The van der Waals surface area contributed by atoms with Gasteiger partial charge in [-0.25, -0.2) is 9.59 Å². The number of hydrogen-bond acceptors (Lipinski definition) is 9. The number of ether oxygens (including phenoxy) is 4. The highest BCUT2D eigenvalue weighted by molar-refractivity contribution is 5.95. The quantitative estimate of drug-likeness (QED) is 0.147. The van der Waals surface area contributed by atoms with Gasteiger partial charge in [0.15, 0.2) is 17.7 Å². The molecule has 0 aromatic heterocycles. The first-order valence-corrected chi connectivity index (χ1v) is 11.8. The van der Waals surface area contributed by atoms with E-state index in [1.54, 1.807) is 31.3 Å². The number of esters is 1. The van der Waals surface area contributed by atoms with Crippen LogP contribution in [0, 0.1) is 0 Å². The van der Waals surface area contributed by atoms with Crippen LogP contribution in [-0.2, 0) is 9.53 Å². The van der Waals surface area contributed by atoms with E-state index >= 15 is 0 Å². The predicted molar refractivity (Wildman–Crippen MR) is 137 cm³/mol. The second-order valence-corrected chi connectivity index (χ2v) is 7.92. The number of rotatable bonds is 12. The Labute approximate surface area is 215 Å². The first-order valence-electron chi connectivity index (χ1n) is 11.8. The fraction of sp³-hybridized carbons (Fsp3) is 0.346. The first kappa shape index (κ1) is 27.3. The Morgan fingerprint density at radius 3 is 2.65 bits per heavy atom. The number of aliphatic hydroxyl groups excluding tert-OH is 1. The van der Waals surface area contributed by atoms with E-state index in [0.717, 1.165) is 11.3 Å². The monoisotopic (exact) mass is 512 g/mol. The van der Waals surface area contributed by atoms with Crippen LogP contribution in [0.25, 0.3) is 0 Å². The molecule has 0 unspecified atom stereocenters. The van der Waals surface area contributed by atoms with Gasteiger partial charge in [-0.3, -0.25) is 5.43 Å². The maximum Gasteiger partial charge on any atom is 0.337 e. The number of allylic oxidation sites excluding steroid dienone is 1. The Hall–Kier alpha value is -4.25. The lowest BCUT2D eigenvalue weighted by Crippen LogP contribution is -2.45. The number of nitrogens with zero attached hydrogens (tertiary/aromatic N) is 1. The molecule has 0 bridgehead atoms. The average Bonchev–Trinajstić information content (AvgIpc) is 2.87. The van der Waals surface area contributed by atoms with Gasteiger partial charge in [0.05, 0.1) is 38.2 Å². The minimum Gasteiger partial charge on any atom is -0.494 e. The number of hydrogen-bond donors (Lipinski definition) is 4. The fourth-order valence-corrected chi connectivity index (χ4v) is 3.67. The highest BCUT2D eigenvalue weighted by Crippen LogP contribution is 2.34. The lowest BCUT2D eigenvalue weighted by molar-refractivity contribution is -0.136. The van der Waals surface area contributed by atoms with E-state index in [1.807, 2.05) is 38.1 Å². The van der Waals surface area contributed by atoms with Crippen LogP contribution < -0.4 is 30.3 Å². The van der Waals surface area contributed by atoms with Crippen molar-refractivity contribution in [3.8, 4) is 17.2 Å². The van der Waals surface area contributed by atoms with Gasteiger partial charge in [0.25, 0.3) is 0 Å². The molecule has 1 heterocycles. The van der Waals surface area contributed by atoms with Crippen molar-refractivity contribution >= 4 is 18.2 Å². The van der Waals surface area contributed by atoms with Gasteiger partial charge in [-0.2, -0.15) is 5.10 Å². The fourth-order valence-electron chi connectivity index (χ4n) is 3.67. The van der Waals surface area contributed by atoms with Crippen LogP contribution in [-0.4, -0.2) is 56.5 Å². The molecule has 0 fully saturated rings. The Morgan fingerprint density at radius 1 is 1.14 bits per heavy atom. The molecule has 2 amide bonds. The van der Waals surface area contributed by atoms with Gasteiger partial charge in [0.1, 0.15) is 12.4 Å². The number of aliphatic hydroxyl groups is 1. The molecule has 4 N–H and O–H groups in total. The van der Waals surface area contributed by atoms with Crippen LogP contribution in [0.1, 0.15) is 37.9 Å². The standard InChI is InChI=1S/C26H32N4O7/c1-5-35-19-9-7-8-17(12-19)14-27-30-22(31)15-37-20-11-10-18(13-21(20)36-6-2)24-23(25(32)34-4)16(3)28-26(33)29-24/h7-14,22,24,30-31H,5-6,15H2,1-4H3,(H2,28,29,33)/b27-14+/t22-,24-/m0/s1. The van der Waals surface area contributed by atoms with Gasteiger partial charge in [-0.1, -0.05) is 18.2 Å². The van der Waals surface area contributed by atoms with Crippen molar-refractivity contribution in [2.75, 3.05) is 26.9 Å². The van der Waals surface area contributed by atoms with Crippen LogP contribution in [0.4, 0.5) is 4.79 Å². The number of hydrazone groups is 1. The van der Waals surface area contributed by atoms with Crippen molar-refractivity contribution in [3.63, 3.8) is 0 Å². The minimum atomic E-state index is -1.10. The van der Waals surface area contributed by atoms with E-state index in [1.165, 1.54) is 7.11 Å². The van der Waals surface area contributed by atoms with Crippen LogP contribution >= 0.6 is 0 Å². The summed E-state index contributed by atoms with van der Waals surface area (Å²) in [6.07, 6.45) is 0.467. The summed E-state index contributed by atoms with van der Waals surface area (Å²) < 4.78 is 21.8. The summed E-state index contributed by atoms with van der Waals surface area (Å²) in [7, 11) is 1.28. The van der Waals surface area contributed by atoms with Crippen LogP contribution in [0.5, 0.6) is 17.2 Å². The topological polar surface area (TPSA) is 140 Å². The van der Waals surface area contributed by atoms with Gasteiger partial charge < -0.3 is 34.7 Å². The Bertz CT molecular complexity index is 1170. The second-order valence-electron chi connectivity index (χ2n) is 7.92. The molecule has 11 nitrogen and oxygen atoms in total.